The van der Waals surface area contributed by atoms with Crippen molar-refractivity contribution in [3.05, 3.63) is 68.2 Å². The van der Waals surface area contributed by atoms with Crippen LogP contribution in [0.1, 0.15) is 22.7 Å². The molecule has 4 heteroatoms. The molecule has 0 heterocycles. The van der Waals surface area contributed by atoms with Crippen molar-refractivity contribution in [1.29, 1.82) is 0 Å². The summed E-state index contributed by atoms with van der Waals surface area (Å²) in [5.41, 5.74) is 9.06. The Morgan fingerprint density at radius 2 is 1.67 bits per heavy atom. The summed E-state index contributed by atoms with van der Waals surface area (Å²) >= 11 is 18.1. The monoisotopic (exact) mass is 299 g/mol. The fourth-order valence-electron chi connectivity index (χ4n) is 1.88. The van der Waals surface area contributed by atoms with Crippen LogP contribution in [0.25, 0.3) is 0 Å². The van der Waals surface area contributed by atoms with Gasteiger partial charge in [-0.3, -0.25) is 0 Å². The molecule has 0 amide bonds. The summed E-state index contributed by atoms with van der Waals surface area (Å²) in [4.78, 5) is 0. The molecule has 2 N–H and O–H groups in total. The second-order valence-electron chi connectivity index (χ2n) is 4.21. The fraction of sp³-hybridized carbons (Fsp3) is 0.143. The molecule has 1 unspecified atom stereocenters. The average Bonchev–Trinajstić information content (AvgIpc) is 2.26. The lowest BCUT2D eigenvalue weighted by molar-refractivity contribution is 0.870. The maximum absolute atomic E-state index is 6.22. The van der Waals surface area contributed by atoms with Crippen LogP contribution >= 0.6 is 34.8 Å². The molecule has 1 atom stereocenters. The molecular formula is C14H12Cl3N. The third-order valence-electron chi connectivity index (χ3n) is 2.72. The van der Waals surface area contributed by atoms with Crippen LogP contribution < -0.4 is 5.73 Å². The molecule has 2 aromatic carbocycles. The predicted octanol–water partition coefficient (Wildman–Crippen LogP) is 5.00. The van der Waals surface area contributed by atoms with Crippen molar-refractivity contribution in [2.45, 2.75) is 13.0 Å². The van der Waals surface area contributed by atoms with Crippen LogP contribution in [0.15, 0.2) is 36.4 Å². The Labute approximate surface area is 121 Å². The Morgan fingerprint density at radius 1 is 0.944 bits per heavy atom. The van der Waals surface area contributed by atoms with Gasteiger partial charge in [0.2, 0.25) is 0 Å². The van der Waals surface area contributed by atoms with Gasteiger partial charge in [-0.05, 0) is 47.9 Å². The van der Waals surface area contributed by atoms with Crippen LogP contribution in [-0.2, 0) is 0 Å². The highest BCUT2D eigenvalue weighted by Gasteiger charge is 2.13. The summed E-state index contributed by atoms with van der Waals surface area (Å²) in [6, 6.07) is 10.7. The molecule has 0 saturated heterocycles. The van der Waals surface area contributed by atoms with Crippen molar-refractivity contribution in [3.63, 3.8) is 0 Å². The van der Waals surface area contributed by atoms with Gasteiger partial charge < -0.3 is 5.73 Å². The van der Waals surface area contributed by atoms with Crippen molar-refractivity contribution in [2.24, 2.45) is 5.73 Å². The van der Waals surface area contributed by atoms with E-state index >= 15 is 0 Å². The first kappa shape index (κ1) is 13.7. The van der Waals surface area contributed by atoms with Crippen LogP contribution in [-0.4, -0.2) is 0 Å². The van der Waals surface area contributed by atoms with Gasteiger partial charge in [0.25, 0.3) is 0 Å². The summed E-state index contributed by atoms with van der Waals surface area (Å²) in [6.45, 7) is 1.98. The average molecular weight is 301 g/mol. The predicted molar refractivity (Wildman–Crippen MR) is 78.7 cm³/mol. The molecule has 0 aliphatic carbocycles. The van der Waals surface area contributed by atoms with E-state index in [2.05, 4.69) is 0 Å². The lowest BCUT2D eigenvalue weighted by Crippen LogP contribution is -2.12. The van der Waals surface area contributed by atoms with E-state index in [9.17, 15) is 0 Å². The van der Waals surface area contributed by atoms with Gasteiger partial charge in [0, 0.05) is 15.1 Å². The van der Waals surface area contributed by atoms with Crippen LogP contribution in [0.4, 0.5) is 0 Å². The van der Waals surface area contributed by atoms with E-state index < -0.39 is 0 Å². The lowest BCUT2D eigenvalue weighted by atomic mass is 9.98. The second kappa shape index (κ2) is 5.50. The number of hydrogen-bond acceptors (Lipinski definition) is 1. The SMILES string of the molecule is Cc1cc(Cl)cc(C(N)c2ccc(Cl)cc2Cl)c1. The van der Waals surface area contributed by atoms with Crippen LogP contribution in [0.5, 0.6) is 0 Å². The quantitative estimate of drug-likeness (QED) is 0.829. The summed E-state index contributed by atoms with van der Waals surface area (Å²) < 4.78 is 0. The second-order valence-corrected chi connectivity index (χ2v) is 5.49. The molecular weight excluding hydrogens is 289 g/mol. The van der Waals surface area contributed by atoms with Gasteiger partial charge >= 0.3 is 0 Å². The zero-order valence-electron chi connectivity index (χ0n) is 9.75. The number of nitrogens with two attached hydrogens (primary N) is 1. The van der Waals surface area contributed by atoms with Gasteiger partial charge in [-0.15, -0.1) is 0 Å². The van der Waals surface area contributed by atoms with Crippen molar-refractivity contribution in [2.75, 3.05) is 0 Å². The van der Waals surface area contributed by atoms with Crippen molar-refractivity contribution >= 4 is 34.8 Å². The van der Waals surface area contributed by atoms with Crippen molar-refractivity contribution in [3.8, 4) is 0 Å². The summed E-state index contributed by atoms with van der Waals surface area (Å²) in [7, 11) is 0. The van der Waals surface area contributed by atoms with E-state index in [0.29, 0.717) is 15.1 Å². The molecule has 0 aliphatic heterocycles. The van der Waals surface area contributed by atoms with Crippen LogP contribution in [0.3, 0.4) is 0 Å². The maximum Gasteiger partial charge on any atom is 0.0567 e. The number of halogens is 3. The zero-order chi connectivity index (χ0) is 13.3. The topological polar surface area (TPSA) is 26.0 Å². The molecule has 1 nitrogen and oxygen atoms in total. The van der Waals surface area contributed by atoms with Crippen LogP contribution in [0, 0.1) is 6.92 Å². The molecule has 18 heavy (non-hydrogen) atoms. The Bertz CT molecular complexity index is 561. The standard InChI is InChI=1S/C14H12Cl3N/c1-8-4-9(6-11(16)5-8)14(18)12-3-2-10(15)7-13(12)17/h2-7,14H,18H2,1H3. The van der Waals surface area contributed by atoms with Gasteiger partial charge in [0.05, 0.1) is 6.04 Å². The largest absolute Gasteiger partial charge is 0.320 e. The van der Waals surface area contributed by atoms with E-state index in [1.807, 2.05) is 31.2 Å². The van der Waals surface area contributed by atoms with Crippen LogP contribution in [0.2, 0.25) is 15.1 Å². The van der Waals surface area contributed by atoms with Crippen molar-refractivity contribution < 1.29 is 0 Å². The molecule has 0 aliphatic rings. The molecule has 94 valence electrons. The van der Waals surface area contributed by atoms with Gasteiger partial charge in [0.1, 0.15) is 0 Å². The first-order valence-electron chi connectivity index (χ1n) is 5.45. The maximum atomic E-state index is 6.22. The van der Waals surface area contributed by atoms with E-state index in [4.69, 9.17) is 40.5 Å². The molecule has 0 spiro atoms. The first-order chi connectivity index (χ1) is 8.47. The highest BCUT2D eigenvalue weighted by Crippen LogP contribution is 2.30. The minimum absolute atomic E-state index is 0.313. The molecule has 2 rings (SSSR count). The summed E-state index contributed by atoms with van der Waals surface area (Å²) in [6.07, 6.45) is 0. The Hall–Kier alpha value is -0.730. The number of aryl methyl sites for hydroxylation is 1. The zero-order valence-corrected chi connectivity index (χ0v) is 12.0. The third kappa shape index (κ3) is 2.99. The van der Waals surface area contributed by atoms with E-state index in [0.717, 1.165) is 16.7 Å². The lowest BCUT2D eigenvalue weighted by Gasteiger charge is -2.15. The Morgan fingerprint density at radius 3 is 2.28 bits per heavy atom. The fourth-order valence-corrected chi connectivity index (χ4v) is 2.70. The smallest absolute Gasteiger partial charge is 0.0567 e. The number of rotatable bonds is 2. The van der Waals surface area contributed by atoms with Gasteiger partial charge in [-0.2, -0.15) is 0 Å². The van der Waals surface area contributed by atoms with Gasteiger partial charge in [0.15, 0.2) is 0 Å². The van der Waals surface area contributed by atoms with E-state index in [1.165, 1.54) is 0 Å². The van der Waals surface area contributed by atoms with Gasteiger partial charge in [-0.1, -0.05) is 46.9 Å². The van der Waals surface area contributed by atoms with Crippen molar-refractivity contribution in [1.82, 2.24) is 0 Å². The van der Waals surface area contributed by atoms with E-state index in [1.54, 1.807) is 12.1 Å². The first-order valence-corrected chi connectivity index (χ1v) is 6.58. The van der Waals surface area contributed by atoms with E-state index in [-0.39, 0.29) is 6.04 Å². The summed E-state index contributed by atoms with van der Waals surface area (Å²) in [5.74, 6) is 0. The highest BCUT2D eigenvalue weighted by molar-refractivity contribution is 6.35. The normalized spacial score (nSPS) is 12.5. The molecule has 0 saturated carbocycles. The van der Waals surface area contributed by atoms with Gasteiger partial charge in [-0.25, -0.2) is 0 Å². The Balaban J connectivity index is 2.44. The summed E-state index contributed by atoms with van der Waals surface area (Å²) in [5, 5.41) is 1.83. The molecule has 0 radical (unpaired) electrons. The number of hydrogen-bond donors (Lipinski definition) is 1. The number of benzene rings is 2. The molecule has 0 fully saturated rings. The molecule has 2 aromatic rings. The minimum atomic E-state index is -0.313. The molecule has 0 bridgehead atoms. The Kier molecular flexibility index (Phi) is 4.18. The highest BCUT2D eigenvalue weighted by atomic mass is 35.5. The molecule has 0 aromatic heterocycles. The minimum Gasteiger partial charge on any atom is -0.320 e. The third-order valence-corrected chi connectivity index (χ3v) is 3.50.